The van der Waals surface area contributed by atoms with Gasteiger partial charge in [0.1, 0.15) is 18.1 Å². The summed E-state index contributed by atoms with van der Waals surface area (Å²) < 4.78 is 11.2. The normalized spacial score (nSPS) is 10.7. The zero-order valence-electron chi connectivity index (χ0n) is 15.8. The molecule has 0 aliphatic rings. The van der Waals surface area contributed by atoms with Crippen LogP contribution in [0.15, 0.2) is 66.7 Å². The highest BCUT2D eigenvalue weighted by Gasteiger charge is 2.06. The minimum atomic E-state index is 0.402. The number of benzene rings is 3. The highest BCUT2D eigenvalue weighted by atomic mass is 35.5. The number of hydrogen-bond acceptors (Lipinski definition) is 3. The van der Waals surface area contributed by atoms with Gasteiger partial charge in [0.2, 0.25) is 0 Å². The van der Waals surface area contributed by atoms with Gasteiger partial charge in [-0.05, 0) is 48.9 Å². The van der Waals surface area contributed by atoms with Crippen molar-refractivity contribution >= 4 is 23.2 Å². The first-order valence-electron chi connectivity index (χ1n) is 9.14. The standard InChI is InChI=1S/C23H23Cl2NO2/c1-27-21-10-6-17(7-11-21)12-13-26-15-18-4-2-3-5-23(18)28-16-19-8-9-20(24)14-22(19)25/h2-11,14,26H,12-13,15-16H2,1H3. The Labute approximate surface area is 176 Å². The highest BCUT2D eigenvalue weighted by molar-refractivity contribution is 6.35. The van der Waals surface area contributed by atoms with Crippen LogP contribution in [0, 0.1) is 0 Å². The van der Waals surface area contributed by atoms with Crippen molar-refractivity contribution in [2.75, 3.05) is 13.7 Å². The first-order chi connectivity index (χ1) is 13.7. The van der Waals surface area contributed by atoms with Crippen LogP contribution in [0.2, 0.25) is 10.0 Å². The molecule has 3 aromatic rings. The van der Waals surface area contributed by atoms with Gasteiger partial charge >= 0.3 is 0 Å². The molecule has 0 radical (unpaired) electrons. The molecule has 0 bridgehead atoms. The summed E-state index contributed by atoms with van der Waals surface area (Å²) in [6.45, 7) is 2.02. The van der Waals surface area contributed by atoms with Crippen LogP contribution in [-0.4, -0.2) is 13.7 Å². The maximum absolute atomic E-state index is 6.23. The molecule has 0 aliphatic heterocycles. The molecule has 0 fully saturated rings. The molecule has 3 rings (SSSR count). The molecule has 0 unspecified atom stereocenters. The van der Waals surface area contributed by atoms with Gasteiger partial charge in [0.05, 0.1) is 7.11 Å². The molecule has 3 nitrogen and oxygen atoms in total. The van der Waals surface area contributed by atoms with E-state index < -0.39 is 0 Å². The Kier molecular flexibility index (Phi) is 7.61. The molecule has 0 aromatic heterocycles. The topological polar surface area (TPSA) is 30.5 Å². The van der Waals surface area contributed by atoms with Crippen LogP contribution in [0.1, 0.15) is 16.7 Å². The Morgan fingerprint density at radius 3 is 2.43 bits per heavy atom. The van der Waals surface area contributed by atoms with Gasteiger partial charge in [0, 0.05) is 27.7 Å². The lowest BCUT2D eigenvalue weighted by molar-refractivity contribution is 0.302. The molecule has 1 N–H and O–H groups in total. The van der Waals surface area contributed by atoms with Crippen molar-refractivity contribution in [3.63, 3.8) is 0 Å². The van der Waals surface area contributed by atoms with Crippen molar-refractivity contribution in [3.8, 4) is 11.5 Å². The van der Waals surface area contributed by atoms with Gasteiger partial charge in [-0.2, -0.15) is 0 Å². The first-order valence-corrected chi connectivity index (χ1v) is 9.89. The molecule has 0 saturated carbocycles. The lowest BCUT2D eigenvalue weighted by Gasteiger charge is -2.13. The van der Waals surface area contributed by atoms with E-state index in [0.717, 1.165) is 42.1 Å². The van der Waals surface area contributed by atoms with Crippen molar-refractivity contribution in [1.29, 1.82) is 0 Å². The molecule has 146 valence electrons. The Hall–Kier alpha value is -2.20. The third-order valence-corrected chi connectivity index (χ3v) is 5.02. The molecular weight excluding hydrogens is 393 g/mol. The van der Waals surface area contributed by atoms with Crippen LogP contribution in [0.3, 0.4) is 0 Å². The van der Waals surface area contributed by atoms with E-state index in [2.05, 4.69) is 23.5 Å². The average molecular weight is 416 g/mol. The number of para-hydroxylation sites is 1. The summed E-state index contributed by atoms with van der Waals surface area (Å²) in [5.74, 6) is 1.73. The molecule has 0 atom stereocenters. The van der Waals surface area contributed by atoms with E-state index in [9.17, 15) is 0 Å². The summed E-state index contributed by atoms with van der Waals surface area (Å²) in [7, 11) is 1.68. The third kappa shape index (κ3) is 5.90. The minimum absolute atomic E-state index is 0.402. The summed E-state index contributed by atoms with van der Waals surface area (Å²) in [6, 6.07) is 21.6. The zero-order chi connectivity index (χ0) is 19.8. The number of methoxy groups -OCH3 is 1. The smallest absolute Gasteiger partial charge is 0.124 e. The van der Waals surface area contributed by atoms with Crippen molar-refractivity contribution in [1.82, 2.24) is 5.32 Å². The van der Waals surface area contributed by atoms with Gasteiger partial charge in [-0.15, -0.1) is 0 Å². The Morgan fingerprint density at radius 1 is 0.893 bits per heavy atom. The monoisotopic (exact) mass is 415 g/mol. The van der Waals surface area contributed by atoms with Crippen molar-refractivity contribution in [2.45, 2.75) is 19.6 Å². The number of nitrogens with one attached hydrogen (secondary N) is 1. The van der Waals surface area contributed by atoms with Crippen molar-refractivity contribution < 1.29 is 9.47 Å². The molecule has 0 amide bonds. The Balaban J connectivity index is 1.51. The fourth-order valence-electron chi connectivity index (χ4n) is 2.83. The lowest BCUT2D eigenvalue weighted by Crippen LogP contribution is -2.17. The largest absolute Gasteiger partial charge is 0.497 e. The molecular formula is C23H23Cl2NO2. The van der Waals surface area contributed by atoms with E-state index in [4.69, 9.17) is 32.7 Å². The molecule has 0 saturated heterocycles. The van der Waals surface area contributed by atoms with Gasteiger partial charge in [0.25, 0.3) is 0 Å². The van der Waals surface area contributed by atoms with Gasteiger partial charge < -0.3 is 14.8 Å². The van der Waals surface area contributed by atoms with Gasteiger partial charge in [-0.25, -0.2) is 0 Å². The van der Waals surface area contributed by atoms with E-state index in [1.54, 1.807) is 13.2 Å². The maximum Gasteiger partial charge on any atom is 0.124 e. The van der Waals surface area contributed by atoms with E-state index in [0.29, 0.717) is 16.7 Å². The number of hydrogen-bond donors (Lipinski definition) is 1. The minimum Gasteiger partial charge on any atom is -0.497 e. The third-order valence-electron chi connectivity index (χ3n) is 4.44. The fourth-order valence-corrected chi connectivity index (χ4v) is 3.30. The molecule has 3 aromatic carbocycles. The summed E-state index contributed by atoms with van der Waals surface area (Å²) in [5.41, 5.74) is 3.30. The van der Waals surface area contributed by atoms with E-state index in [1.807, 2.05) is 42.5 Å². The Bertz CT molecular complexity index is 897. The number of ether oxygens (including phenoxy) is 2. The zero-order valence-corrected chi connectivity index (χ0v) is 17.3. The number of rotatable bonds is 9. The van der Waals surface area contributed by atoms with Crippen LogP contribution in [0.25, 0.3) is 0 Å². The summed E-state index contributed by atoms with van der Waals surface area (Å²) in [5, 5.41) is 4.72. The van der Waals surface area contributed by atoms with Crippen LogP contribution in [-0.2, 0) is 19.6 Å². The molecule has 28 heavy (non-hydrogen) atoms. The second-order valence-electron chi connectivity index (χ2n) is 6.41. The summed E-state index contributed by atoms with van der Waals surface area (Å²) in [4.78, 5) is 0. The van der Waals surface area contributed by atoms with Crippen LogP contribution in [0.5, 0.6) is 11.5 Å². The molecule has 0 spiro atoms. The lowest BCUT2D eigenvalue weighted by atomic mass is 10.1. The van der Waals surface area contributed by atoms with Crippen LogP contribution >= 0.6 is 23.2 Å². The SMILES string of the molecule is COc1ccc(CCNCc2ccccc2OCc2ccc(Cl)cc2Cl)cc1. The predicted molar refractivity (Wildman–Crippen MR) is 116 cm³/mol. The predicted octanol–water partition coefficient (Wildman–Crippen LogP) is 5.91. The van der Waals surface area contributed by atoms with Gasteiger partial charge in [-0.3, -0.25) is 0 Å². The van der Waals surface area contributed by atoms with Crippen molar-refractivity contribution in [2.24, 2.45) is 0 Å². The van der Waals surface area contributed by atoms with Crippen LogP contribution < -0.4 is 14.8 Å². The second kappa shape index (κ2) is 10.4. The first kappa shape index (κ1) is 20.5. The number of halogens is 2. The van der Waals surface area contributed by atoms with E-state index >= 15 is 0 Å². The summed E-state index contributed by atoms with van der Waals surface area (Å²) in [6.07, 6.45) is 0.952. The van der Waals surface area contributed by atoms with Crippen LogP contribution in [0.4, 0.5) is 0 Å². The average Bonchev–Trinajstić information content (AvgIpc) is 2.72. The van der Waals surface area contributed by atoms with Gasteiger partial charge in [0.15, 0.2) is 0 Å². The fraction of sp³-hybridized carbons (Fsp3) is 0.217. The van der Waals surface area contributed by atoms with E-state index in [1.165, 1.54) is 5.56 Å². The molecule has 5 heteroatoms. The highest BCUT2D eigenvalue weighted by Crippen LogP contribution is 2.24. The molecule has 0 aliphatic carbocycles. The van der Waals surface area contributed by atoms with Crippen molar-refractivity contribution in [3.05, 3.63) is 93.5 Å². The quantitative estimate of drug-likeness (QED) is 0.440. The van der Waals surface area contributed by atoms with Gasteiger partial charge in [-0.1, -0.05) is 59.6 Å². The maximum atomic E-state index is 6.23. The molecule has 0 heterocycles. The summed E-state index contributed by atoms with van der Waals surface area (Å²) >= 11 is 12.2. The second-order valence-corrected chi connectivity index (χ2v) is 7.25. The Morgan fingerprint density at radius 2 is 1.68 bits per heavy atom. The van der Waals surface area contributed by atoms with E-state index in [-0.39, 0.29) is 0 Å².